The van der Waals surface area contributed by atoms with Gasteiger partial charge < -0.3 is 4.74 Å². The molecule has 0 aliphatic carbocycles. The summed E-state index contributed by atoms with van der Waals surface area (Å²) in [5.74, 6) is 0.435. The van der Waals surface area contributed by atoms with Crippen molar-refractivity contribution in [3.05, 3.63) is 65.2 Å². The normalized spacial score (nSPS) is 11.1. The molecule has 120 valence electrons. The van der Waals surface area contributed by atoms with Gasteiger partial charge in [0.15, 0.2) is 5.78 Å². The van der Waals surface area contributed by atoms with Crippen LogP contribution < -0.4 is 4.74 Å². The third-order valence-electron chi connectivity index (χ3n) is 3.27. The lowest BCUT2D eigenvalue weighted by Gasteiger charge is -2.08. The lowest BCUT2D eigenvalue weighted by Crippen LogP contribution is -2.09. The molecule has 2 aromatic rings. The molecule has 0 radical (unpaired) electrons. The number of rotatable bonds is 5. The van der Waals surface area contributed by atoms with Crippen molar-refractivity contribution in [2.75, 3.05) is 7.11 Å². The van der Waals surface area contributed by atoms with Gasteiger partial charge in [-0.25, -0.2) is 0 Å². The van der Waals surface area contributed by atoms with Gasteiger partial charge in [-0.15, -0.1) is 0 Å². The van der Waals surface area contributed by atoms with Crippen molar-refractivity contribution in [2.24, 2.45) is 0 Å². The molecule has 0 fully saturated rings. The second-order valence-electron chi connectivity index (χ2n) is 4.83. The van der Waals surface area contributed by atoms with Gasteiger partial charge >= 0.3 is 6.18 Å². The average Bonchev–Trinajstić information content (AvgIpc) is 2.54. The van der Waals surface area contributed by atoms with Crippen molar-refractivity contribution in [2.45, 2.75) is 12.6 Å². The van der Waals surface area contributed by atoms with Crippen molar-refractivity contribution >= 4 is 22.9 Å². The number of thiocarbonyl (C=S) groups is 1. The summed E-state index contributed by atoms with van der Waals surface area (Å²) >= 11 is 5.16. The first-order chi connectivity index (χ1) is 10.8. The number of alkyl halides is 3. The Hall–Kier alpha value is -2.21. The summed E-state index contributed by atoms with van der Waals surface area (Å²) < 4.78 is 42.6. The second-order valence-corrected chi connectivity index (χ2v) is 5.32. The Morgan fingerprint density at radius 2 is 1.52 bits per heavy atom. The van der Waals surface area contributed by atoms with Crippen LogP contribution in [0.1, 0.15) is 27.9 Å². The number of carbonyl (C=O) groups excluding carboxylic acids is 1. The largest absolute Gasteiger partial charge is 0.497 e. The van der Waals surface area contributed by atoms with E-state index in [-0.39, 0.29) is 12.2 Å². The van der Waals surface area contributed by atoms with E-state index in [0.717, 1.165) is 12.1 Å². The first-order valence-electron chi connectivity index (χ1n) is 6.69. The first kappa shape index (κ1) is 17.1. The van der Waals surface area contributed by atoms with E-state index in [2.05, 4.69) is 0 Å². The molecule has 0 N–H and O–H groups in total. The van der Waals surface area contributed by atoms with Gasteiger partial charge in [0.2, 0.25) is 0 Å². The molecule has 0 spiro atoms. The fourth-order valence-electron chi connectivity index (χ4n) is 1.97. The molecule has 0 bridgehead atoms. The summed E-state index contributed by atoms with van der Waals surface area (Å²) in [4.78, 5) is 12.5. The van der Waals surface area contributed by atoms with Crippen LogP contribution in [0.15, 0.2) is 48.5 Å². The fourth-order valence-corrected chi connectivity index (χ4v) is 2.24. The summed E-state index contributed by atoms with van der Waals surface area (Å²) in [5.41, 5.74) is 0.167. The Bertz CT molecular complexity index is 704. The van der Waals surface area contributed by atoms with Crippen LogP contribution in [0.5, 0.6) is 5.75 Å². The van der Waals surface area contributed by atoms with Gasteiger partial charge in [0.1, 0.15) is 5.75 Å². The number of hydrogen-bond donors (Lipinski definition) is 0. The lowest BCUT2D eigenvalue weighted by atomic mass is 10.0. The predicted molar refractivity (Wildman–Crippen MR) is 85.1 cm³/mol. The average molecular weight is 338 g/mol. The SMILES string of the molecule is COc1ccc(C(=O)CC(=S)c2ccc(C(F)(F)F)cc2)cc1. The zero-order valence-corrected chi connectivity index (χ0v) is 13.0. The van der Waals surface area contributed by atoms with Crippen LogP contribution in [0.3, 0.4) is 0 Å². The highest BCUT2D eigenvalue weighted by molar-refractivity contribution is 7.80. The monoisotopic (exact) mass is 338 g/mol. The molecule has 0 heterocycles. The summed E-state index contributed by atoms with van der Waals surface area (Å²) in [6, 6.07) is 11.0. The summed E-state index contributed by atoms with van der Waals surface area (Å²) in [6.07, 6.45) is -4.42. The molecule has 0 saturated carbocycles. The molecule has 2 rings (SSSR count). The van der Waals surface area contributed by atoms with E-state index in [1.54, 1.807) is 24.3 Å². The number of carbonyl (C=O) groups is 1. The highest BCUT2D eigenvalue weighted by atomic mass is 32.1. The van der Waals surface area contributed by atoms with Crippen molar-refractivity contribution in [1.82, 2.24) is 0 Å². The number of ketones is 1. The third-order valence-corrected chi connectivity index (χ3v) is 3.65. The zero-order chi connectivity index (χ0) is 17.0. The van der Waals surface area contributed by atoms with Crippen LogP contribution in [0, 0.1) is 0 Å². The van der Waals surface area contributed by atoms with E-state index < -0.39 is 11.7 Å². The molecule has 0 saturated heterocycles. The quantitative estimate of drug-likeness (QED) is 0.584. The summed E-state index contributed by atoms with van der Waals surface area (Å²) in [7, 11) is 1.52. The smallest absolute Gasteiger partial charge is 0.416 e. The number of benzene rings is 2. The molecular weight excluding hydrogens is 325 g/mol. The minimum absolute atomic E-state index is 0.0347. The van der Waals surface area contributed by atoms with Gasteiger partial charge in [-0.05, 0) is 42.0 Å². The standard InChI is InChI=1S/C17H13F3O2S/c1-22-14-8-4-11(5-9-14)15(21)10-16(23)12-2-6-13(7-3-12)17(18,19)20/h2-9H,10H2,1H3. The van der Waals surface area contributed by atoms with Crippen LogP contribution in [-0.4, -0.2) is 17.8 Å². The van der Waals surface area contributed by atoms with Crippen LogP contribution in [0.2, 0.25) is 0 Å². The Morgan fingerprint density at radius 3 is 2.00 bits per heavy atom. The molecule has 0 unspecified atom stereocenters. The van der Waals surface area contributed by atoms with Gasteiger partial charge in [-0.1, -0.05) is 24.4 Å². The van der Waals surface area contributed by atoms with E-state index in [1.807, 2.05) is 0 Å². The van der Waals surface area contributed by atoms with Gasteiger partial charge in [0.25, 0.3) is 0 Å². The van der Waals surface area contributed by atoms with E-state index in [0.29, 0.717) is 21.7 Å². The molecule has 0 aliphatic rings. The van der Waals surface area contributed by atoms with Crippen LogP contribution in [0.4, 0.5) is 13.2 Å². The maximum absolute atomic E-state index is 12.5. The Morgan fingerprint density at radius 1 is 1.00 bits per heavy atom. The number of methoxy groups -OCH3 is 1. The maximum atomic E-state index is 12.5. The predicted octanol–water partition coefficient (Wildman–Crippen LogP) is 4.71. The van der Waals surface area contributed by atoms with Crippen molar-refractivity contribution in [1.29, 1.82) is 0 Å². The van der Waals surface area contributed by atoms with Crippen LogP contribution in [0.25, 0.3) is 0 Å². The van der Waals surface area contributed by atoms with Crippen molar-refractivity contribution in [3.8, 4) is 5.75 Å². The molecule has 0 aromatic heterocycles. The van der Waals surface area contributed by atoms with Gasteiger partial charge in [0.05, 0.1) is 12.7 Å². The molecular formula is C17H13F3O2S. The second kappa shape index (κ2) is 6.91. The molecule has 2 nitrogen and oxygen atoms in total. The van der Waals surface area contributed by atoms with E-state index in [4.69, 9.17) is 17.0 Å². The number of halogens is 3. The van der Waals surface area contributed by atoms with Crippen molar-refractivity contribution < 1.29 is 22.7 Å². The number of ether oxygens (including phenoxy) is 1. The van der Waals surface area contributed by atoms with Crippen molar-refractivity contribution in [3.63, 3.8) is 0 Å². The molecule has 0 atom stereocenters. The van der Waals surface area contributed by atoms with Gasteiger partial charge in [-0.3, -0.25) is 4.79 Å². The highest BCUT2D eigenvalue weighted by Gasteiger charge is 2.30. The molecule has 0 aliphatic heterocycles. The molecule has 0 amide bonds. The minimum atomic E-state index is -4.39. The topological polar surface area (TPSA) is 26.3 Å². The molecule has 23 heavy (non-hydrogen) atoms. The first-order valence-corrected chi connectivity index (χ1v) is 7.10. The number of Topliss-reactive ketones (excluding diaryl/α,β-unsaturated/α-hetero) is 1. The Kier molecular flexibility index (Phi) is 5.15. The third kappa shape index (κ3) is 4.39. The minimum Gasteiger partial charge on any atom is -0.497 e. The fraction of sp³-hybridized carbons (Fsp3) is 0.176. The Labute approximate surface area is 136 Å². The van der Waals surface area contributed by atoms with Crippen LogP contribution in [-0.2, 0) is 6.18 Å². The highest BCUT2D eigenvalue weighted by Crippen LogP contribution is 2.29. The maximum Gasteiger partial charge on any atom is 0.416 e. The lowest BCUT2D eigenvalue weighted by molar-refractivity contribution is -0.137. The summed E-state index contributed by atoms with van der Waals surface area (Å²) in [6.45, 7) is 0. The summed E-state index contributed by atoms with van der Waals surface area (Å²) in [5, 5.41) is 0. The van der Waals surface area contributed by atoms with Crippen LogP contribution >= 0.6 is 12.2 Å². The zero-order valence-electron chi connectivity index (χ0n) is 12.2. The van der Waals surface area contributed by atoms with Gasteiger partial charge in [-0.2, -0.15) is 13.2 Å². The van der Waals surface area contributed by atoms with E-state index in [9.17, 15) is 18.0 Å². The van der Waals surface area contributed by atoms with E-state index in [1.165, 1.54) is 19.2 Å². The molecule has 6 heteroatoms. The Balaban J connectivity index is 2.07. The van der Waals surface area contributed by atoms with E-state index >= 15 is 0 Å². The molecule has 2 aromatic carbocycles. The number of hydrogen-bond acceptors (Lipinski definition) is 3. The van der Waals surface area contributed by atoms with Gasteiger partial charge in [0, 0.05) is 16.8 Å².